The third kappa shape index (κ3) is 3.94. The number of thiazole rings is 1. The quantitative estimate of drug-likeness (QED) is 0.546. The van der Waals surface area contributed by atoms with Crippen LogP contribution in [0.3, 0.4) is 0 Å². The van der Waals surface area contributed by atoms with Crippen molar-refractivity contribution in [3.63, 3.8) is 0 Å². The Labute approximate surface area is 169 Å². The SMILES string of the molecule is C/C=C\C(=C/CC)Oc1ncccc1-c1csc(NC2=NCC3(CCC3)N2)n1. The van der Waals surface area contributed by atoms with Gasteiger partial charge in [-0.15, -0.1) is 11.3 Å². The van der Waals surface area contributed by atoms with Crippen molar-refractivity contribution >= 4 is 22.4 Å². The highest BCUT2D eigenvalue weighted by molar-refractivity contribution is 7.14. The fourth-order valence-electron chi connectivity index (χ4n) is 3.36. The van der Waals surface area contributed by atoms with E-state index in [1.807, 2.05) is 42.7 Å². The molecule has 6 nitrogen and oxygen atoms in total. The van der Waals surface area contributed by atoms with Crippen molar-refractivity contribution in [2.75, 3.05) is 11.9 Å². The van der Waals surface area contributed by atoms with E-state index in [1.165, 1.54) is 19.3 Å². The van der Waals surface area contributed by atoms with Crippen LogP contribution in [-0.2, 0) is 0 Å². The minimum atomic E-state index is 0.196. The van der Waals surface area contributed by atoms with Gasteiger partial charge in [0.1, 0.15) is 5.76 Å². The van der Waals surface area contributed by atoms with Gasteiger partial charge in [0.25, 0.3) is 0 Å². The molecule has 2 aliphatic rings. The second-order valence-electron chi connectivity index (χ2n) is 7.06. The van der Waals surface area contributed by atoms with Crippen LogP contribution >= 0.6 is 11.3 Å². The molecule has 0 amide bonds. The molecule has 1 spiro atoms. The van der Waals surface area contributed by atoms with E-state index < -0.39 is 0 Å². The fourth-order valence-corrected chi connectivity index (χ4v) is 4.07. The van der Waals surface area contributed by atoms with Gasteiger partial charge in [-0.25, -0.2) is 9.97 Å². The molecule has 1 aliphatic heterocycles. The first kappa shape index (κ1) is 18.7. The van der Waals surface area contributed by atoms with E-state index >= 15 is 0 Å². The zero-order chi connectivity index (χ0) is 19.4. The highest BCUT2D eigenvalue weighted by Crippen LogP contribution is 2.35. The van der Waals surface area contributed by atoms with E-state index in [0.29, 0.717) is 5.88 Å². The predicted octanol–water partition coefficient (Wildman–Crippen LogP) is 4.75. The van der Waals surface area contributed by atoms with Crippen LogP contribution in [-0.4, -0.2) is 28.0 Å². The third-order valence-electron chi connectivity index (χ3n) is 4.96. The van der Waals surface area contributed by atoms with Crippen LogP contribution in [0.25, 0.3) is 11.3 Å². The molecule has 7 heteroatoms. The van der Waals surface area contributed by atoms with E-state index in [-0.39, 0.29) is 5.54 Å². The largest absolute Gasteiger partial charge is 0.439 e. The number of hydrogen-bond acceptors (Lipinski definition) is 7. The summed E-state index contributed by atoms with van der Waals surface area (Å²) in [7, 11) is 0. The molecule has 0 radical (unpaired) electrons. The van der Waals surface area contributed by atoms with Crippen molar-refractivity contribution in [1.82, 2.24) is 15.3 Å². The van der Waals surface area contributed by atoms with Gasteiger partial charge >= 0.3 is 0 Å². The molecule has 3 heterocycles. The number of allylic oxidation sites excluding steroid dienone is 3. The smallest absolute Gasteiger partial charge is 0.228 e. The van der Waals surface area contributed by atoms with Crippen molar-refractivity contribution in [2.45, 2.75) is 45.1 Å². The molecule has 28 heavy (non-hydrogen) atoms. The van der Waals surface area contributed by atoms with Crippen molar-refractivity contribution in [2.24, 2.45) is 4.99 Å². The van der Waals surface area contributed by atoms with E-state index in [1.54, 1.807) is 17.5 Å². The monoisotopic (exact) mass is 395 g/mol. The number of nitrogens with zero attached hydrogens (tertiary/aromatic N) is 3. The van der Waals surface area contributed by atoms with Gasteiger partial charge in [0.15, 0.2) is 11.1 Å². The van der Waals surface area contributed by atoms with Gasteiger partial charge in [-0.05, 0) is 56.9 Å². The Balaban J connectivity index is 1.50. The van der Waals surface area contributed by atoms with Crippen LogP contribution in [0.2, 0.25) is 0 Å². The fraction of sp³-hybridized carbons (Fsp3) is 0.381. The minimum absolute atomic E-state index is 0.196. The van der Waals surface area contributed by atoms with E-state index in [4.69, 9.17) is 9.72 Å². The molecule has 0 atom stereocenters. The molecule has 2 N–H and O–H groups in total. The first-order valence-electron chi connectivity index (χ1n) is 9.72. The molecule has 1 fully saturated rings. The number of anilines is 1. The lowest BCUT2D eigenvalue weighted by molar-refractivity contribution is 0.242. The van der Waals surface area contributed by atoms with Crippen LogP contribution in [0.5, 0.6) is 5.88 Å². The Hall–Kier alpha value is -2.67. The van der Waals surface area contributed by atoms with Crippen LogP contribution in [0.15, 0.2) is 52.7 Å². The number of aromatic nitrogens is 2. The third-order valence-corrected chi connectivity index (χ3v) is 5.72. The molecule has 1 aliphatic carbocycles. The van der Waals surface area contributed by atoms with Crippen LogP contribution in [0.1, 0.15) is 39.5 Å². The van der Waals surface area contributed by atoms with Crippen LogP contribution in [0.4, 0.5) is 5.13 Å². The zero-order valence-corrected chi connectivity index (χ0v) is 17.1. The van der Waals surface area contributed by atoms with Gasteiger partial charge < -0.3 is 15.4 Å². The lowest BCUT2D eigenvalue weighted by atomic mass is 9.77. The highest BCUT2D eigenvalue weighted by atomic mass is 32.1. The number of nitrogens with one attached hydrogen (secondary N) is 2. The molecule has 0 aromatic carbocycles. The Bertz CT molecular complexity index is 926. The number of guanidine groups is 1. The van der Waals surface area contributed by atoms with Gasteiger partial charge in [-0.3, -0.25) is 4.99 Å². The maximum Gasteiger partial charge on any atom is 0.228 e. The summed E-state index contributed by atoms with van der Waals surface area (Å²) in [5.41, 5.74) is 1.90. The standard InChI is InChI=1S/C21H25N5OS/c1-3-7-15(8-4-2)27-18-16(9-5-12-22-18)17-13-28-20(24-17)25-19-23-14-21(26-19)10-6-11-21/h3,5,7-9,12-13H,4,6,10-11,14H2,1-2H3,(H2,23,24,25,26)/b7-3-,15-8+. The second-order valence-corrected chi connectivity index (χ2v) is 7.92. The number of aliphatic imine (C=N–C) groups is 1. The predicted molar refractivity (Wildman–Crippen MR) is 115 cm³/mol. The first-order valence-corrected chi connectivity index (χ1v) is 10.6. The molecule has 146 valence electrons. The van der Waals surface area contributed by atoms with Crippen molar-refractivity contribution in [3.8, 4) is 17.1 Å². The van der Waals surface area contributed by atoms with Gasteiger partial charge in [0, 0.05) is 11.6 Å². The molecule has 1 saturated carbocycles. The van der Waals surface area contributed by atoms with Crippen molar-refractivity contribution in [3.05, 3.63) is 47.7 Å². The topological polar surface area (TPSA) is 71.4 Å². The molecular weight excluding hydrogens is 370 g/mol. The van der Waals surface area contributed by atoms with Gasteiger partial charge in [0.05, 0.1) is 23.3 Å². The average molecular weight is 396 g/mol. The average Bonchev–Trinajstić information content (AvgIpc) is 3.30. The Morgan fingerprint density at radius 1 is 1.43 bits per heavy atom. The summed E-state index contributed by atoms with van der Waals surface area (Å²) in [6.45, 7) is 4.90. The highest BCUT2D eigenvalue weighted by Gasteiger charge is 2.41. The molecule has 2 aromatic heterocycles. The number of hydrogen-bond donors (Lipinski definition) is 2. The van der Waals surface area contributed by atoms with E-state index in [2.05, 4.69) is 27.5 Å². The van der Waals surface area contributed by atoms with Crippen molar-refractivity contribution in [1.29, 1.82) is 0 Å². The lowest BCUT2D eigenvalue weighted by Gasteiger charge is -2.37. The summed E-state index contributed by atoms with van der Waals surface area (Å²) in [5.74, 6) is 2.17. The van der Waals surface area contributed by atoms with Crippen LogP contribution < -0.4 is 15.4 Å². The molecule has 2 aromatic rings. The minimum Gasteiger partial charge on any atom is -0.439 e. The molecule has 4 rings (SSSR count). The number of pyridine rings is 1. The second kappa shape index (κ2) is 8.14. The molecule has 0 bridgehead atoms. The Kier molecular flexibility index (Phi) is 5.43. The summed E-state index contributed by atoms with van der Waals surface area (Å²) in [6.07, 6.45) is 12.2. The number of rotatable bonds is 6. The zero-order valence-electron chi connectivity index (χ0n) is 16.2. The summed E-state index contributed by atoms with van der Waals surface area (Å²) in [5, 5.41) is 9.66. The van der Waals surface area contributed by atoms with Gasteiger partial charge in [-0.1, -0.05) is 13.0 Å². The maximum absolute atomic E-state index is 6.04. The summed E-state index contributed by atoms with van der Waals surface area (Å²) < 4.78 is 6.04. The van der Waals surface area contributed by atoms with Gasteiger partial charge in [-0.2, -0.15) is 0 Å². The molecule has 0 saturated heterocycles. The molecular formula is C21H25N5OS. The summed E-state index contributed by atoms with van der Waals surface area (Å²) in [4.78, 5) is 13.7. The Morgan fingerprint density at radius 3 is 3.04 bits per heavy atom. The molecule has 0 unspecified atom stereocenters. The van der Waals surface area contributed by atoms with E-state index in [0.717, 1.165) is 41.1 Å². The van der Waals surface area contributed by atoms with E-state index in [9.17, 15) is 0 Å². The summed E-state index contributed by atoms with van der Waals surface area (Å²) >= 11 is 1.55. The number of ether oxygens (including phenoxy) is 1. The van der Waals surface area contributed by atoms with Crippen LogP contribution in [0, 0.1) is 0 Å². The van der Waals surface area contributed by atoms with Crippen molar-refractivity contribution < 1.29 is 4.74 Å². The lowest BCUT2D eigenvalue weighted by Crippen LogP contribution is -2.52. The van der Waals surface area contributed by atoms with Gasteiger partial charge in [0.2, 0.25) is 5.88 Å². The summed E-state index contributed by atoms with van der Waals surface area (Å²) in [6, 6.07) is 3.88. The first-order chi connectivity index (χ1) is 13.7. The Morgan fingerprint density at radius 2 is 2.32 bits per heavy atom. The maximum atomic E-state index is 6.04. The normalized spacial score (nSPS) is 18.1.